The van der Waals surface area contributed by atoms with Crippen molar-refractivity contribution in [3.05, 3.63) is 206 Å². The topological polar surface area (TPSA) is 488 Å². The van der Waals surface area contributed by atoms with E-state index in [1.807, 2.05) is 17.0 Å². The zero-order valence-electron chi connectivity index (χ0n) is 79.6. The predicted molar refractivity (Wildman–Crippen MR) is 524 cm³/mol. The van der Waals surface area contributed by atoms with Crippen LogP contribution in [0.5, 0.6) is 0 Å². The summed E-state index contributed by atoms with van der Waals surface area (Å²) in [5.74, 6) is 3.22. The second kappa shape index (κ2) is 43.5. The Bertz CT molecular complexity index is 7710. The van der Waals surface area contributed by atoms with Crippen LogP contribution in [0.15, 0.2) is 177 Å². The van der Waals surface area contributed by atoms with Gasteiger partial charge in [0.1, 0.15) is 75.2 Å². The number of hydrogen-bond donors (Lipinski definition) is 5. The fourth-order valence-electron chi connectivity index (χ4n) is 18.3. The molecule has 0 radical (unpaired) electrons. The van der Waals surface area contributed by atoms with Crippen molar-refractivity contribution in [1.82, 2.24) is 117 Å². The number of nitrogens with two attached hydrogens (primary N) is 1. The van der Waals surface area contributed by atoms with Crippen LogP contribution in [-0.4, -0.2) is 294 Å². The molecule has 15 aromatic rings. The Hall–Kier alpha value is -13.9. The first-order valence-corrected chi connectivity index (χ1v) is 54.1. The summed E-state index contributed by atoms with van der Waals surface area (Å²) in [6.45, 7) is 6.13. The van der Waals surface area contributed by atoms with Crippen LogP contribution in [0.3, 0.4) is 0 Å². The Kier molecular flexibility index (Phi) is 31.0. The molecule has 6 saturated heterocycles. The van der Waals surface area contributed by atoms with Crippen LogP contribution >= 0.6 is 0 Å². The molecule has 6 fully saturated rings. The Labute approximate surface area is 839 Å². The van der Waals surface area contributed by atoms with Gasteiger partial charge in [-0.15, -0.1) is 0 Å². The molecule has 21 heterocycles. The number of pyridine rings is 4. The zero-order valence-corrected chi connectivity index (χ0v) is 82.9. The Balaban J connectivity index is 0.000000126. The van der Waals surface area contributed by atoms with E-state index in [4.69, 9.17) is 15.3 Å². The van der Waals surface area contributed by atoms with Crippen molar-refractivity contribution in [3.8, 4) is 56.4 Å². The minimum atomic E-state index is -3.50. The van der Waals surface area contributed by atoms with Gasteiger partial charge >= 0.3 is 0 Å². The number of ether oxygens (including phenoxy) is 1. The Morgan fingerprint density at radius 2 is 0.804 bits per heavy atom. The molecule has 6 N–H and O–H groups in total. The lowest BCUT2D eigenvalue weighted by Crippen LogP contribution is -2.64. The normalized spacial score (nSPS) is 19.3. The van der Waals surface area contributed by atoms with Gasteiger partial charge in [0.05, 0.1) is 104 Å². The van der Waals surface area contributed by atoms with Gasteiger partial charge < -0.3 is 40.1 Å². The minimum absolute atomic E-state index is 0.0209. The second-order valence-electron chi connectivity index (χ2n) is 36.9. The number of β-amino-alcohol motifs (C(OH)–C–C–N with tert-alkyl or cyclic N) is 1. The average molecular weight is 2140 g/mol. The summed E-state index contributed by atoms with van der Waals surface area (Å²) in [5, 5.41) is 30.6. The summed E-state index contributed by atoms with van der Waals surface area (Å²) in [5.41, 5.74) is 8.98. The number of morpholine rings is 1. The predicted octanol–water partition coefficient (Wildman–Crippen LogP) is 10.8. The maximum absolute atomic E-state index is 15.2. The summed E-state index contributed by atoms with van der Waals surface area (Å²) >= 11 is 0. The van der Waals surface area contributed by atoms with Crippen molar-refractivity contribution in [2.75, 3.05) is 154 Å². The Morgan fingerprint density at radius 1 is 0.432 bits per heavy atom. The van der Waals surface area contributed by atoms with Gasteiger partial charge in [-0.3, -0.25) is 13.8 Å². The number of fused-ring (bicyclic) bond motifs is 5. The van der Waals surface area contributed by atoms with Gasteiger partial charge in [-0.05, 0) is 160 Å². The Morgan fingerprint density at radius 3 is 1.21 bits per heavy atom. The molecular weight excluding hydrogens is 2040 g/mol. The van der Waals surface area contributed by atoms with Gasteiger partial charge in [-0.25, -0.2) is 165 Å². The number of nitrogens with one attached hydrogen (secondary N) is 3. The van der Waals surface area contributed by atoms with Crippen LogP contribution < -0.4 is 39.7 Å². The molecule has 5 atom stereocenters. The average Bonchev–Trinajstić information content (AvgIpc) is 0.915. The molecule has 0 aliphatic carbocycles. The maximum Gasteiger partial charge on any atom is 0.282 e. The number of aliphatic hydroxyl groups is 1. The SMILES string of the molecule is CS(=N)(=O)CC1CCCN(c2cc(-c3cnc4ccc(C(F)F)nn34)ccn2)C1.CS(=O)(=O)N1CC2(CCCN(c3cc(-c4cnc5ccc(C(F)F)nn45)ccn3)C2)C1.CS(=O)(=O)NCC1(F)CCCN(c2cc(-c3cnc4ccc(C(F)F)nn34)ccn2)C1.CS(=O)(=O)NCC1(O)CCN(c2cc(-c3cnc4ccc(C(F)F)nn34)ncn2)C1.NC(=O)C1CN(c2cc(-c3cnc4ccc(C(F)F)nn34)ccn2)CCO1. The van der Waals surface area contributed by atoms with E-state index in [1.54, 1.807) is 95.6 Å². The van der Waals surface area contributed by atoms with Crippen molar-refractivity contribution >= 4 is 103 Å². The number of anilines is 5. The largest absolute Gasteiger partial charge is 0.387 e. The molecule has 0 bridgehead atoms. The first-order chi connectivity index (χ1) is 70.3. The number of halogens is 11. The van der Waals surface area contributed by atoms with E-state index in [0.717, 1.165) is 80.6 Å². The standard InChI is InChI=1S/C20H22F2N6O2S.C19H21F3N6O2S.C19H22F2N6OS.C17H19F2N7O3S.C17H16F2N6O2/c1-31(29,30)27-12-20(13-27)6-2-8-26(11-20)18-9-14(5-7-23-18)16-10-24-17-4-3-15(19(21)22)25-28(16)17;1-31(29,30)25-11-19(22)6-2-8-27(12-19)17-9-13(5-7-23-17)15-10-24-16-4-3-14(18(20)21)26-28(15)16;1-29(22,28)12-13-3-2-8-26(11-13)18-9-14(6-7-23-18)16-10-24-17-5-4-15(19(20)21)25-27(16)17;1-30(28,29)23-8-17(27)4-5-25(9-17)15-6-12(21-10-22-15)13-7-20-14-3-2-11(16(18)19)24-26(13)14;18-16(19)11-1-2-14-22-8-12(25(14)23-11)10-3-4-21-15(7-10)24-5-6-27-13(9-24)17(20)26/h3-5,7,9-10,19H,2,6,8,11-13H2,1H3;3-5,7,9-10,18,25H,2,6,8,11-12H2,1H3;4-7,9-10,13,19,22H,2-3,8,11-12H2,1H3;2-3,6-7,10,16,23,27H,4-5,8-9H2,1H3;1-4,7-8,13,16H,5-6,9H2,(H2,20,26). The number of carbonyl (C=O) groups excluding carboxylic acids is 1. The van der Waals surface area contributed by atoms with E-state index in [2.05, 4.69) is 99.6 Å². The lowest BCUT2D eigenvalue weighted by atomic mass is 9.75. The van der Waals surface area contributed by atoms with Crippen molar-refractivity contribution in [2.45, 2.75) is 94.4 Å². The number of hydrogen-bond acceptors (Lipinski definition) is 32. The second-order valence-corrected chi connectivity index (χ2v) is 44.9. The van der Waals surface area contributed by atoms with Crippen LogP contribution in [-0.2, 0) is 49.3 Å². The quantitative estimate of drug-likeness (QED) is 0.0332. The van der Waals surface area contributed by atoms with E-state index >= 15 is 4.39 Å². The van der Waals surface area contributed by atoms with E-state index in [9.17, 15) is 83.3 Å². The highest BCUT2D eigenvalue weighted by molar-refractivity contribution is 7.91. The molecule has 6 aliphatic heterocycles. The van der Waals surface area contributed by atoms with Crippen molar-refractivity contribution < 1.29 is 92.4 Å². The molecule has 1 amide bonds. The molecule has 5 unspecified atom stereocenters. The van der Waals surface area contributed by atoms with Crippen molar-refractivity contribution in [1.29, 1.82) is 4.78 Å². The summed E-state index contributed by atoms with van der Waals surface area (Å²) in [6, 6.07) is 29.7. The van der Waals surface area contributed by atoms with E-state index in [1.165, 1.54) is 119 Å². The number of alkyl halides is 11. The molecule has 41 nitrogen and oxygen atoms in total. The number of aromatic nitrogens is 21. The van der Waals surface area contributed by atoms with Crippen molar-refractivity contribution in [3.63, 3.8) is 0 Å². The highest BCUT2D eigenvalue weighted by atomic mass is 32.2. The number of carbonyl (C=O) groups is 1. The highest BCUT2D eigenvalue weighted by Crippen LogP contribution is 2.43. The number of rotatable bonds is 25. The monoisotopic (exact) mass is 2140 g/mol. The lowest BCUT2D eigenvalue weighted by molar-refractivity contribution is -0.130. The summed E-state index contributed by atoms with van der Waals surface area (Å²) in [6.07, 6.45) is 11.3. The number of imidazole rings is 5. The number of primary amides is 1. The number of sulfonamides is 3. The maximum atomic E-state index is 15.2. The van der Waals surface area contributed by atoms with Gasteiger partial charge in [0.15, 0.2) is 34.3 Å². The molecule has 0 saturated carbocycles. The smallest absolute Gasteiger partial charge is 0.282 e. The third kappa shape index (κ3) is 25.2. The molecule has 148 heavy (non-hydrogen) atoms. The number of amides is 1. The van der Waals surface area contributed by atoms with Gasteiger partial charge in [0.2, 0.25) is 36.0 Å². The molecule has 784 valence electrons. The van der Waals surface area contributed by atoms with Gasteiger partial charge in [-0.1, -0.05) is 0 Å². The first kappa shape index (κ1) is 105. The fraction of sp³-hybridized carbons (Fsp3) is 0.402. The van der Waals surface area contributed by atoms with Crippen LogP contribution in [0.1, 0.15) is 106 Å². The van der Waals surface area contributed by atoms with Gasteiger partial charge in [0, 0.05) is 159 Å². The number of nitrogens with zero attached hydrogens (tertiary/aromatic N) is 27. The summed E-state index contributed by atoms with van der Waals surface area (Å²) in [4.78, 5) is 68.3. The number of piperidine rings is 3. The first-order valence-electron chi connectivity index (χ1n) is 46.3. The lowest BCUT2D eigenvalue weighted by Gasteiger charge is -2.53. The molecule has 15 aromatic heterocycles. The van der Waals surface area contributed by atoms with Crippen LogP contribution in [0.2, 0.25) is 0 Å². The molecule has 21 rings (SSSR count). The van der Waals surface area contributed by atoms with Crippen molar-refractivity contribution in [2.24, 2.45) is 17.1 Å². The van der Waals surface area contributed by atoms with Crippen LogP contribution in [0, 0.1) is 16.1 Å². The fourth-order valence-corrected chi connectivity index (χ4v) is 21.5. The molecule has 1 spiro atoms. The van der Waals surface area contributed by atoms with Gasteiger partial charge in [0.25, 0.3) is 32.1 Å². The minimum Gasteiger partial charge on any atom is -0.387 e. The summed E-state index contributed by atoms with van der Waals surface area (Å²) in [7, 11) is -12.6. The highest BCUT2D eigenvalue weighted by Gasteiger charge is 2.49. The van der Waals surface area contributed by atoms with Crippen LogP contribution in [0.4, 0.5) is 77.4 Å². The third-order valence-electron chi connectivity index (χ3n) is 25.5. The zero-order chi connectivity index (χ0) is 105. The molecule has 6 aliphatic rings. The van der Waals surface area contributed by atoms with E-state index in [-0.39, 0.29) is 72.4 Å². The van der Waals surface area contributed by atoms with Gasteiger partial charge in [-0.2, -0.15) is 25.5 Å². The third-order valence-corrected chi connectivity index (χ3v) is 29.2. The molecule has 56 heteroatoms. The van der Waals surface area contributed by atoms with E-state index in [0.29, 0.717) is 162 Å². The summed E-state index contributed by atoms with van der Waals surface area (Å²) < 4.78 is 252. The van der Waals surface area contributed by atoms with E-state index < -0.39 is 95.2 Å². The molecular formula is C92H100F11N31O10S4. The van der Waals surface area contributed by atoms with Crippen LogP contribution in [0.25, 0.3) is 84.7 Å². The molecule has 0 aromatic carbocycles.